The summed E-state index contributed by atoms with van der Waals surface area (Å²) in [6.45, 7) is 6.35. The number of aromatic nitrogens is 2. The van der Waals surface area contributed by atoms with Gasteiger partial charge in [-0.1, -0.05) is 6.92 Å². The molecule has 1 aromatic rings. The lowest BCUT2D eigenvalue weighted by Crippen LogP contribution is -2.15. The molecule has 12 heavy (non-hydrogen) atoms. The van der Waals surface area contributed by atoms with Crippen LogP contribution in [0.4, 0.5) is 0 Å². The average Bonchev–Trinajstić information content (AvgIpc) is 2.50. The Balaban J connectivity index is 2.91. The van der Waals surface area contributed by atoms with E-state index in [9.17, 15) is 0 Å². The first-order valence-electron chi connectivity index (χ1n) is 4.44. The van der Waals surface area contributed by atoms with Gasteiger partial charge in [0.25, 0.3) is 0 Å². The van der Waals surface area contributed by atoms with Gasteiger partial charge in [0.15, 0.2) is 0 Å². The Kier molecular flexibility index (Phi) is 2.87. The second-order valence-corrected chi connectivity index (χ2v) is 3.33. The predicted molar refractivity (Wildman–Crippen MR) is 49.8 cm³/mol. The maximum atomic E-state index is 5.92. The summed E-state index contributed by atoms with van der Waals surface area (Å²) >= 11 is 0. The fourth-order valence-electron chi connectivity index (χ4n) is 1.24. The Labute approximate surface area is 73.6 Å². The summed E-state index contributed by atoms with van der Waals surface area (Å²) < 4.78 is 2.12. The smallest absolute Gasteiger partial charge is 0.0951 e. The highest BCUT2D eigenvalue weighted by atomic mass is 15.1. The zero-order chi connectivity index (χ0) is 9.14. The van der Waals surface area contributed by atoms with Gasteiger partial charge < -0.3 is 10.3 Å². The standard InChI is InChI=1S/C9H17N3/c1-4-8(10)9-5-11-6-12(9)7(2)3/h5-8H,4,10H2,1-3H3/t8-/m1/s1. The van der Waals surface area contributed by atoms with Gasteiger partial charge in [-0.2, -0.15) is 0 Å². The molecule has 0 bridgehead atoms. The van der Waals surface area contributed by atoms with E-state index < -0.39 is 0 Å². The van der Waals surface area contributed by atoms with Crippen molar-refractivity contribution < 1.29 is 0 Å². The zero-order valence-electron chi connectivity index (χ0n) is 7.99. The summed E-state index contributed by atoms with van der Waals surface area (Å²) in [7, 11) is 0. The molecule has 0 aliphatic rings. The van der Waals surface area contributed by atoms with E-state index in [0.29, 0.717) is 6.04 Å². The number of rotatable bonds is 3. The van der Waals surface area contributed by atoms with Crippen LogP contribution in [0.2, 0.25) is 0 Å². The van der Waals surface area contributed by atoms with Gasteiger partial charge in [0.2, 0.25) is 0 Å². The lowest BCUT2D eigenvalue weighted by atomic mass is 10.2. The molecule has 1 aromatic heterocycles. The highest BCUT2D eigenvalue weighted by Gasteiger charge is 2.10. The van der Waals surface area contributed by atoms with Crippen molar-refractivity contribution in [3.05, 3.63) is 18.2 Å². The van der Waals surface area contributed by atoms with Crippen LogP contribution in [0.5, 0.6) is 0 Å². The number of imidazole rings is 1. The van der Waals surface area contributed by atoms with E-state index >= 15 is 0 Å². The minimum atomic E-state index is 0.120. The third-order valence-electron chi connectivity index (χ3n) is 2.07. The number of nitrogens with two attached hydrogens (primary N) is 1. The molecule has 1 atom stereocenters. The van der Waals surface area contributed by atoms with Crippen LogP contribution in [0.1, 0.15) is 45.0 Å². The van der Waals surface area contributed by atoms with Gasteiger partial charge in [-0.05, 0) is 20.3 Å². The van der Waals surface area contributed by atoms with E-state index in [1.165, 1.54) is 0 Å². The van der Waals surface area contributed by atoms with Crippen molar-refractivity contribution >= 4 is 0 Å². The highest BCUT2D eigenvalue weighted by molar-refractivity contribution is 5.05. The minimum Gasteiger partial charge on any atom is -0.331 e. The molecular weight excluding hydrogens is 150 g/mol. The first kappa shape index (κ1) is 9.26. The van der Waals surface area contributed by atoms with Crippen molar-refractivity contribution in [2.45, 2.75) is 39.3 Å². The molecule has 0 radical (unpaired) electrons. The molecule has 68 valence electrons. The molecule has 0 saturated carbocycles. The van der Waals surface area contributed by atoms with Gasteiger partial charge in [0.05, 0.1) is 12.0 Å². The van der Waals surface area contributed by atoms with E-state index in [-0.39, 0.29) is 6.04 Å². The molecule has 2 N–H and O–H groups in total. The summed E-state index contributed by atoms with van der Waals surface area (Å²) in [5.74, 6) is 0. The summed E-state index contributed by atoms with van der Waals surface area (Å²) in [4.78, 5) is 4.10. The predicted octanol–water partition coefficient (Wildman–Crippen LogP) is 1.87. The first-order chi connectivity index (χ1) is 5.66. The Morgan fingerprint density at radius 1 is 1.58 bits per heavy atom. The normalized spacial score (nSPS) is 13.8. The molecule has 0 aromatic carbocycles. The van der Waals surface area contributed by atoms with Gasteiger partial charge >= 0.3 is 0 Å². The number of hydrogen-bond donors (Lipinski definition) is 1. The first-order valence-corrected chi connectivity index (χ1v) is 4.44. The molecule has 3 heteroatoms. The van der Waals surface area contributed by atoms with Gasteiger partial charge in [-0.15, -0.1) is 0 Å². The van der Waals surface area contributed by atoms with E-state index in [0.717, 1.165) is 12.1 Å². The van der Waals surface area contributed by atoms with Gasteiger partial charge in [0.1, 0.15) is 0 Å². The van der Waals surface area contributed by atoms with Crippen LogP contribution >= 0.6 is 0 Å². The SMILES string of the molecule is CC[C@@H](N)c1cncn1C(C)C. The molecule has 0 unspecified atom stereocenters. The zero-order valence-corrected chi connectivity index (χ0v) is 7.99. The van der Waals surface area contributed by atoms with Crippen LogP contribution in [0.3, 0.4) is 0 Å². The van der Waals surface area contributed by atoms with E-state index in [4.69, 9.17) is 5.73 Å². The fourth-order valence-corrected chi connectivity index (χ4v) is 1.24. The molecule has 0 fully saturated rings. The third kappa shape index (κ3) is 1.67. The second-order valence-electron chi connectivity index (χ2n) is 3.33. The molecule has 0 spiro atoms. The van der Waals surface area contributed by atoms with E-state index in [2.05, 4.69) is 30.3 Å². The quantitative estimate of drug-likeness (QED) is 0.747. The average molecular weight is 167 g/mol. The Morgan fingerprint density at radius 2 is 2.25 bits per heavy atom. The van der Waals surface area contributed by atoms with Crippen LogP contribution in [0.15, 0.2) is 12.5 Å². The molecule has 1 rings (SSSR count). The van der Waals surface area contributed by atoms with Gasteiger partial charge in [0, 0.05) is 18.3 Å². The van der Waals surface area contributed by atoms with Crippen molar-refractivity contribution in [3.8, 4) is 0 Å². The van der Waals surface area contributed by atoms with Crippen molar-refractivity contribution in [3.63, 3.8) is 0 Å². The second kappa shape index (κ2) is 3.72. The van der Waals surface area contributed by atoms with Crippen LogP contribution < -0.4 is 5.73 Å². The van der Waals surface area contributed by atoms with E-state index in [1.807, 2.05) is 12.5 Å². The maximum absolute atomic E-state index is 5.92. The van der Waals surface area contributed by atoms with E-state index in [1.54, 1.807) is 0 Å². The molecule has 3 nitrogen and oxygen atoms in total. The minimum absolute atomic E-state index is 0.120. The number of nitrogens with zero attached hydrogens (tertiary/aromatic N) is 2. The summed E-state index contributed by atoms with van der Waals surface area (Å²) in [6, 6.07) is 0.565. The molecule has 0 aliphatic heterocycles. The summed E-state index contributed by atoms with van der Waals surface area (Å²) in [5.41, 5.74) is 7.05. The van der Waals surface area contributed by atoms with Crippen molar-refractivity contribution in [1.29, 1.82) is 0 Å². The molecule has 0 amide bonds. The van der Waals surface area contributed by atoms with Crippen molar-refractivity contribution in [2.24, 2.45) is 5.73 Å². The largest absolute Gasteiger partial charge is 0.331 e. The molecule has 1 heterocycles. The van der Waals surface area contributed by atoms with Crippen molar-refractivity contribution in [1.82, 2.24) is 9.55 Å². The van der Waals surface area contributed by atoms with Crippen LogP contribution in [-0.2, 0) is 0 Å². The topological polar surface area (TPSA) is 43.8 Å². The monoisotopic (exact) mass is 167 g/mol. The van der Waals surface area contributed by atoms with Crippen LogP contribution in [0.25, 0.3) is 0 Å². The molecule has 0 saturated heterocycles. The summed E-state index contributed by atoms with van der Waals surface area (Å²) in [6.07, 6.45) is 4.65. The lowest BCUT2D eigenvalue weighted by Gasteiger charge is -2.15. The summed E-state index contributed by atoms with van der Waals surface area (Å²) in [5, 5.41) is 0. The Hall–Kier alpha value is -0.830. The van der Waals surface area contributed by atoms with Gasteiger partial charge in [-0.25, -0.2) is 4.98 Å². The maximum Gasteiger partial charge on any atom is 0.0951 e. The Morgan fingerprint density at radius 3 is 2.75 bits per heavy atom. The number of hydrogen-bond acceptors (Lipinski definition) is 2. The van der Waals surface area contributed by atoms with Crippen molar-refractivity contribution in [2.75, 3.05) is 0 Å². The third-order valence-corrected chi connectivity index (χ3v) is 2.07. The van der Waals surface area contributed by atoms with Gasteiger partial charge in [-0.3, -0.25) is 0 Å². The fraction of sp³-hybridized carbons (Fsp3) is 0.667. The molecule has 0 aliphatic carbocycles. The van der Waals surface area contributed by atoms with Crippen LogP contribution in [-0.4, -0.2) is 9.55 Å². The lowest BCUT2D eigenvalue weighted by molar-refractivity contribution is 0.535. The Bertz CT molecular complexity index is 240. The highest BCUT2D eigenvalue weighted by Crippen LogP contribution is 2.16. The molecular formula is C9H17N3. The van der Waals surface area contributed by atoms with Crippen LogP contribution in [0, 0.1) is 0 Å².